The Balaban J connectivity index is 0.00000169. The van der Waals surface area contributed by atoms with Crippen molar-refractivity contribution in [2.75, 3.05) is 11.9 Å². The predicted octanol–water partition coefficient (Wildman–Crippen LogP) is 4.21. The van der Waals surface area contributed by atoms with E-state index >= 15 is 0 Å². The number of likely N-dealkylation sites (tertiary alicyclic amines) is 1. The van der Waals surface area contributed by atoms with Crippen LogP contribution < -0.4 is 11.1 Å². The number of anilines is 1. The second-order valence-corrected chi connectivity index (χ2v) is 6.47. The van der Waals surface area contributed by atoms with Gasteiger partial charge in [-0.25, -0.2) is 0 Å². The molecule has 0 saturated carbocycles. The van der Waals surface area contributed by atoms with Gasteiger partial charge in [0.2, 0.25) is 0 Å². The molecule has 0 aliphatic carbocycles. The van der Waals surface area contributed by atoms with Crippen molar-refractivity contribution in [1.29, 1.82) is 0 Å². The number of nitrogens with zero attached hydrogens (tertiary/aromatic N) is 1. The smallest absolute Gasteiger partial charge is 0.258 e. The first-order valence-electron chi connectivity index (χ1n) is 8.57. The number of nitrogens with two attached hydrogens (primary N) is 1. The van der Waals surface area contributed by atoms with Gasteiger partial charge in [-0.2, -0.15) is 0 Å². The van der Waals surface area contributed by atoms with E-state index in [1.807, 2.05) is 12.1 Å². The first kappa shape index (κ1) is 22.5. The van der Waals surface area contributed by atoms with Crippen LogP contribution in [-0.4, -0.2) is 23.4 Å². The molecule has 2 aromatic rings. The van der Waals surface area contributed by atoms with E-state index < -0.39 is 0 Å². The van der Waals surface area contributed by atoms with Gasteiger partial charge in [0, 0.05) is 18.3 Å². The van der Waals surface area contributed by atoms with Crippen molar-refractivity contribution >= 4 is 36.4 Å². The molecular weight excluding hydrogens is 373 g/mol. The van der Waals surface area contributed by atoms with Crippen LogP contribution in [-0.2, 0) is 13.1 Å². The third-order valence-electron chi connectivity index (χ3n) is 4.66. The Morgan fingerprint density at radius 3 is 2.62 bits per heavy atom. The van der Waals surface area contributed by atoms with Gasteiger partial charge < -0.3 is 15.5 Å². The quantitative estimate of drug-likeness (QED) is 0.789. The average molecular weight is 400 g/mol. The minimum Gasteiger partial charge on any atom is -0.467 e. The van der Waals surface area contributed by atoms with Crippen molar-refractivity contribution in [3.63, 3.8) is 0 Å². The summed E-state index contributed by atoms with van der Waals surface area (Å²) in [5.41, 5.74) is 8.03. The van der Waals surface area contributed by atoms with Crippen LogP contribution in [0.25, 0.3) is 0 Å². The number of carbonyl (C=O) groups is 1. The molecule has 1 saturated heterocycles. The van der Waals surface area contributed by atoms with E-state index in [0.717, 1.165) is 12.2 Å². The van der Waals surface area contributed by atoms with Gasteiger partial charge in [0.1, 0.15) is 12.0 Å². The van der Waals surface area contributed by atoms with Crippen molar-refractivity contribution in [3.05, 3.63) is 53.5 Å². The van der Waals surface area contributed by atoms with Crippen LogP contribution in [0.2, 0.25) is 0 Å². The van der Waals surface area contributed by atoms with Crippen molar-refractivity contribution in [1.82, 2.24) is 4.90 Å². The lowest BCUT2D eigenvalue weighted by Crippen LogP contribution is -2.36. The van der Waals surface area contributed by atoms with E-state index in [0.29, 0.717) is 17.4 Å². The number of piperidine rings is 1. The minimum absolute atomic E-state index is 0. The maximum Gasteiger partial charge on any atom is 0.258 e. The number of hydrogen-bond acceptors (Lipinski definition) is 4. The van der Waals surface area contributed by atoms with Crippen molar-refractivity contribution < 1.29 is 9.21 Å². The number of amides is 1. The number of hydrogen-bond donors (Lipinski definition) is 2. The Bertz CT molecular complexity index is 688. The predicted molar refractivity (Wildman–Crippen MR) is 109 cm³/mol. The molecular formula is C19H27Cl2N3O2. The lowest BCUT2D eigenvalue weighted by Gasteiger charge is -2.33. The average Bonchev–Trinajstić information content (AvgIpc) is 3.08. The Morgan fingerprint density at radius 2 is 2.00 bits per heavy atom. The summed E-state index contributed by atoms with van der Waals surface area (Å²) in [6, 6.07) is 10.4. The van der Waals surface area contributed by atoms with Crippen molar-refractivity contribution in [3.8, 4) is 0 Å². The Kier molecular flexibility index (Phi) is 9.16. The molecule has 5 nitrogen and oxygen atoms in total. The first-order valence-corrected chi connectivity index (χ1v) is 8.57. The molecule has 1 aliphatic rings. The molecule has 26 heavy (non-hydrogen) atoms. The van der Waals surface area contributed by atoms with Gasteiger partial charge in [-0.3, -0.25) is 9.69 Å². The fourth-order valence-corrected chi connectivity index (χ4v) is 3.13. The Labute approximate surface area is 167 Å². The zero-order chi connectivity index (χ0) is 16.9. The van der Waals surface area contributed by atoms with Crippen LogP contribution in [0.4, 0.5) is 5.69 Å². The molecule has 1 aliphatic heterocycles. The van der Waals surface area contributed by atoms with E-state index in [1.54, 1.807) is 6.07 Å². The summed E-state index contributed by atoms with van der Waals surface area (Å²) in [4.78, 5) is 14.7. The number of rotatable bonds is 5. The molecule has 144 valence electrons. The van der Waals surface area contributed by atoms with Crippen LogP contribution in [0.3, 0.4) is 0 Å². The molecule has 1 aromatic heterocycles. The molecule has 3 rings (SSSR count). The molecule has 0 radical (unpaired) electrons. The molecule has 7 heteroatoms. The highest BCUT2D eigenvalue weighted by atomic mass is 35.5. The molecule has 1 amide bonds. The van der Waals surface area contributed by atoms with Crippen molar-refractivity contribution in [2.24, 2.45) is 5.73 Å². The largest absolute Gasteiger partial charge is 0.467 e. The summed E-state index contributed by atoms with van der Waals surface area (Å²) in [6.45, 7) is 4.73. The number of nitrogens with one attached hydrogen (secondary N) is 1. The van der Waals surface area contributed by atoms with E-state index in [4.69, 9.17) is 10.2 Å². The maximum absolute atomic E-state index is 12.2. The van der Waals surface area contributed by atoms with Gasteiger partial charge in [-0.15, -0.1) is 24.8 Å². The SMILES string of the molecule is CC1CCCCN1Cc1ccc(NC(=O)c2coc(CN)c2)cc1.Cl.Cl. The molecule has 1 atom stereocenters. The number of furan rings is 1. The van der Waals surface area contributed by atoms with Gasteiger partial charge in [-0.1, -0.05) is 18.6 Å². The van der Waals surface area contributed by atoms with E-state index in [1.165, 1.54) is 37.6 Å². The van der Waals surface area contributed by atoms with Crippen LogP contribution in [0.5, 0.6) is 0 Å². The number of halogens is 2. The second kappa shape index (κ2) is 10.6. The van der Waals surface area contributed by atoms with Crippen LogP contribution >= 0.6 is 24.8 Å². The fourth-order valence-electron chi connectivity index (χ4n) is 3.13. The van der Waals surface area contributed by atoms with E-state index in [2.05, 4.69) is 29.3 Å². The van der Waals surface area contributed by atoms with Gasteiger partial charge in [-0.05, 0) is 50.1 Å². The third-order valence-corrected chi connectivity index (χ3v) is 4.66. The van der Waals surface area contributed by atoms with E-state index in [9.17, 15) is 4.79 Å². The summed E-state index contributed by atoms with van der Waals surface area (Å²) >= 11 is 0. The normalized spacial score (nSPS) is 17.1. The highest BCUT2D eigenvalue weighted by Crippen LogP contribution is 2.20. The third kappa shape index (κ3) is 5.74. The fraction of sp³-hybridized carbons (Fsp3) is 0.421. The van der Waals surface area contributed by atoms with Gasteiger partial charge in [0.05, 0.1) is 12.1 Å². The molecule has 3 N–H and O–H groups in total. The summed E-state index contributed by atoms with van der Waals surface area (Å²) in [7, 11) is 0. The van der Waals surface area contributed by atoms with Crippen molar-refractivity contribution in [2.45, 2.75) is 45.3 Å². The van der Waals surface area contributed by atoms with Gasteiger partial charge in [0.25, 0.3) is 5.91 Å². The van der Waals surface area contributed by atoms with Gasteiger partial charge >= 0.3 is 0 Å². The highest BCUT2D eigenvalue weighted by molar-refractivity contribution is 6.04. The first-order chi connectivity index (χ1) is 11.7. The Morgan fingerprint density at radius 1 is 1.27 bits per heavy atom. The molecule has 1 aromatic carbocycles. The monoisotopic (exact) mass is 399 g/mol. The summed E-state index contributed by atoms with van der Waals surface area (Å²) in [6.07, 6.45) is 5.34. The summed E-state index contributed by atoms with van der Waals surface area (Å²) in [5.74, 6) is 0.419. The number of benzene rings is 1. The second-order valence-electron chi connectivity index (χ2n) is 6.47. The standard InChI is InChI=1S/C19H25N3O2.2ClH/c1-14-4-2-3-9-22(14)12-15-5-7-17(8-6-15)21-19(23)16-10-18(11-20)24-13-16;;/h5-8,10,13-14H,2-4,9,11-12,20H2,1H3,(H,21,23);2*1H. The lowest BCUT2D eigenvalue weighted by atomic mass is 10.0. The minimum atomic E-state index is -0.184. The van der Waals surface area contributed by atoms with Crippen LogP contribution in [0.1, 0.15) is 47.9 Å². The van der Waals surface area contributed by atoms with Crippen LogP contribution in [0, 0.1) is 0 Å². The summed E-state index contributed by atoms with van der Waals surface area (Å²) < 4.78 is 5.19. The molecule has 2 heterocycles. The highest BCUT2D eigenvalue weighted by Gasteiger charge is 2.18. The summed E-state index contributed by atoms with van der Waals surface area (Å²) in [5, 5.41) is 2.88. The molecule has 1 fully saturated rings. The lowest BCUT2D eigenvalue weighted by molar-refractivity contribution is 0.102. The zero-order valence-electron chi connectivity index (χ0n) is 14.9. The molecule has 1 unspecified atom stereocenters. The number of carbonyl (C=O) groups excluding carboxylic acids is 1. The topological polar surface area (TPSA) is 71.5 Å². The Hall–Kier alpha value is -1.53. The van der Waals surface area contributed by atoms with Gasteiger partial charge in [0.15, 0.2) is 0 Å². The van der Waals surface area contributed by atoms with Crippen LogP contribution in [0.15, 0.2) is 41.0 Å². The maximum atomic E-state index is 12.2. The molecule has 0 spiro atoms. The van der Waals surface area contributed by atoms with E-state index in [-0.39, 0.29) is 37.3 Å². The molecule has 0 bridgehead atoms. The zero-order valence-corrected chi connectivity index (χ0v) is 16.6.